The smallest absolute Gasteiger partial charge is 0.243 e. The Balaban J connectivity index is 1.45. The molecule has 8 nitrogen and oxygen atoms in total. The summed E-state index contributed by atoms with van der Waals surface area (Å²) in [7, 11) is -3.75. The first-order chi connectivity index (χ1) is 13.9. The average molecular weight is 434 g/mol. The van der Waals surface area contributed by atoms with Gasteiger partial charge in [-0.25, -0.2) is 13.4 Å². The van der Waals surface area contributed by atoms with Gasteiger partial charge in [-0.2, -0.15) is 4.31 Å². The molecule has 152 valence electrons. The number of carbonyl (C=O) groups is 1. The third-order valence-corrected chi connectivity index (χ3v) is 7.18. The fourth-order valence-electron chi connectivity index (χ4n) is 3.53. The van der Waals surface area contributed by atoms with Crippen molar-refractivity contribution in [2.45, 2.75) is 30.3 Å². The van der Waals surface area contributed by atoms with Crippen molar-refractivity contribution in [2.75, 3.05) is 13.1 Å². The molecular weight excluding hydrogens is 414 g/mol. The van der Waals surface area contributed by atoms with Crippen LogP contribution in [0.25, 0.3) is 10.8 Å². The van der Waals surface area contributed by atoms with Crippen LogP contribution in [-0.2, 0) is 21.4 Å². The molecule has 1 atom stereocenters. The molecule has 4 rings (SSSR count). The van der Waals surface area contributed by atoms with Crippen LogP contribution in [-0.4, -0.2) is 52.3 Å². The van der Waals surface area contributed by atoms with E-state index in [0.717, 1.165) is 0 Å². The van der Waals surface area contributed by atoms with Gasteiger partial charge in [-0.3, -0.25) is 9.78 Å². The normalized spacial score (nSPS) is 17.6. The van der Waals surface area contributed by atoms with Crippen LogP contribution in [0.5, 0.6) is 0 Å². The summed E-state index contributed by atoms with van der Waals surface area (Å²) in [6.07, 6.45) is 9.02. The molecule has 0 bridgehead atoms. The lowest BCUT2D eigenvalue weighted by Gasteiger charge is -2.19. The van der Waals surface area contributed by atoms with Gasteiger partial charge >= 0.3 is 0 Å². The number of benzene rings is 1. The summed E-state index contributed by atoms with van der Waals surface area (Å²) in [4.78, 5) is 20.3. The Morgan fingerprint density at radius 3 is 2.93 bits per heavy atom. The first kappa shape index (κ1) is 19.8. The molecule has 1 saturated heterocycles. The molecule has 0 radical (unpaired) electrons. The summed E-state index contributed by atoms with van der Waals surface area (Å²) in [6.45, 7) is 1.11. The number of aryl methyl sites for hydroxylation is 1. The van der Waals surface area contributed by atoms with Crippen molar-refractivity contribution in [1.82, 2.24) is 24.2 Å². The molecule has 0 spiro atoms. The molecule has 10 heteroatoms. The SMILES string of the molecule is O=C(CCn1ccnc1)N[C@@H]1CCN(S(=O)(=O)c2cccc3cncc(Cl)c23)C1. The zero-order chi connectivity index (χ0) is 20.4. The van der Waals surface area contributed by atoms with Crippen LogP contribution in [0.15, 0.2) is 54.2 Å². The number of pyridine rings is 1. The van der Waals surface area contributed by atoms with Crippen molar-refractivity contribution in [3.63, 3.8) is 0 Å². The first-order valence-electron chi connectivity index (χ1n) is 9.22. The largest absolute Gasteiger partial charge is 0.352 e. The number of hydrogen-bond acceptors (Lipinski definition) is 5. The lowest BCUT2D eigenvalue weighted by Crippen LogP contribution is -2.38. The van der Waals surface area contributed by atoms with E-state index in [9.17, 15) is 13.2 Å². The van der Waals surface area contributed by atoms with Gasteiger partial charge in [0.1, 0.15) is 0 Å². The van der Waals surface area contributed by atoms with Gasteiger partial charge in [0.15, 0.2) is 0 Å². The zero-order valence-electron chi connectivity index (χ0n) is 15.5. The molecule has 3 aromatic rings. The Labute approximate surface area is 173 Å². The zero-order valence-corrected chi connectivity index (χ0v) is 17.1. The van der Waals surface area contributed by atoms with E-state index in [1.807, 2.05) is 4.57 Å². The van der Waals surface area contributed by atoms with Crippen LogP contribution in [0.3, 0.4) is 0 Å². The minimum absolute atomic E-state index is 0.109. The van der Waals surface area contributed by atoms with Gasteiger partial charge in [-0.1, -0.05) is 23.7 Å². The summed E-state index contributed by atoms with van der Waals surface area (Å²) in [5.74, 6) is -0.109. The number of nitrogens with one attached hydrogen (secondary N) is 1. The number of aromatic nitrogens is 3. The number of sulfonamides is 1. The number of fused-ring (bicyclic) bond motifs is 1. The number of halogens is 1. The fraction of sp³-hybridized carbons (Fsp3) is 0.316. The summed E-state index contributed by atoms with van der Waals surface area (Å²) in [5.41, 5.74) is 0. The number of carbonyl (C=O) groups excluding carboxylic acids is 1. The Hall–Kier alpha value is -2.49. The molecule has 1 amide bonds. The van der Waals surface area contributed by atoms with Crippen molar-refractivity contribution >= 4 is 38.3 Å². The second kappa shape index (κ2) is 8.10. The monoisotopic (exact) mass is 433 g/mol. The van der Waals surface area contributed by atoms with Gasteiger partial charge in [0.2, 0.25) is 15.9 Å². The van der Waals surface area contributed by atoms with Gasteiger partial charge in [-0.15, -0.1) is 0 Å². The maximum Gasteiger partial charge on any atom is 0.243 e. The molecule has 1 N–H and O–H groups in total. The predicted molar refractivity (Wildman–Crippen MR) is 109 cm³/mol. The number of rotatable bonds is 6. The summed E-state index contributed by atoms with van der Waals surface area (Å²) < 4.78 is 29.7. The average Bonchev–Trinajstić information content (AvgIpc) is 3.38. The second-order valence-electron chi connectivity index (χ2n) is 6.94. The molecule has 2 aromatic heterocycles. The topological polar surface area (TPSA) is 97.2 Å². The van der Waals surface area contributed by atoms with E-state index in [0.29, 0.717) is 41.7 Å². The van der Waals surface area contributed by atoms with Gasteiger partial charge in [0, 0.05) is 67.7 Å². The molecule has 1 aromatic carbocycles. The van der Waals surface area contributed by atoms with Crippen LogP contribution in [0.4, 0.5) is 0 Å². The lowest BCUT2D eigenvalue weighted by atomic mass is 10.2. The third-order valence-electron chi connectivity index (χ3n) is 4.99. The Morgan fingerprint density at radius 2 is 2.14 bits per heavy atom. The first-order valence-corrected chi connectivity index (χ1v) is 11.0. The van der Waals surface area contributed by atoms with E-state index < -0.39 is 10.0 Å². The van der Waals surface area contributed by atoms with Crippen LogP contribution in [0.1, 0.15) is 12.8 Å². The number of hydrogen-bond donors (Lipinski definition) is 1. The van der Waals surface area contributed by atoms with E-state index >= 15 is 0 Å². The van der Waals surface area contributed by atoms with Crippen LogP contribution < -0.4 is 5.32 Å². The Morgan fingerprint density at radius 1 is 1.28 bits per heavy atom. The van der Waals surface area contributed by atoms with Crippen molar-refractivity contribution in [2.24, 2.45) is 0 Å². The number of imidazole rings is 1. The maximum absolute atomic E-state index is 13.2. The van der Waals surface area contributed by atoms with Crippen LogP contribution in [0, 0.1) is 0 Å². The van der Waals surface area contributed by atoms with Gasteiger partial charge in [0.25, 0.3) is 0 Å². The third kappa shape index (κ3) is 4.12. The van der Waals surface area contributed by atoms with Crippen LogP contribution in [0.2, 0.25) is 5.02 Å². The predicted octanol–water partition coefficient (Wildman–Crippen LogP) is 2.05. The highest BCUT2D eigenvalue weighted by Gasteiger charge is 2.34. The maximum atomic E-state index is 13.2. The molecule has 0 saturated carbocycles. The fourth-order valence-corrected chi connectivity index (χ4v) is 5.59. The highest BCUT2D eigenvalue weighted by atomic mass is 35.5. The van der Waals surface area contributed by atoms with Crippen molar-refractivity contribution in [1.29, 1.82) is 0 Å². The highest BCUT2D eigenvalue weighted by molar-refractivity contribution is 7.89. The molecule has 29 heavy (non-hydrogen) atoms. The minimum atomic E-state index is -3.75. The summed E-state index contributed by atoms with van der Waals surface area (Å²) in [5, 5.41) is 4.36. The van der Waals surface area contributed by atoms with E-state index in [1.165, 1.54) is 10.5 Å². The van der Waals surface area contributed by atoms with Gasteiger partial charge in [-0.05, 0) is 12.5 Å². The van der Waals surface area contributed by atoms with Gasteiger partial charge < -0.3 is 9.88 Å². The number of amides is 1. The standard InChI is InChI=1S/C19H20ClN5O3S/c20-16-11-22-10-14-2-1-3-17(19(14)16)29(27,28)25-8-4-15(12-25)23-18(26)5-7-24-9-6-21-13-24/h1-3,6,9-11,13,15H,4-5,7-8,12H2,(H,23,26)/t15-/m1/s1. The molecule has 1 fully saturated rings. The second-order valence-corrected chi connectivity index (χ2v) is 9.26. The minimum Gasteiger partial charge on any atom is -0.352 e. The van der Waals surface area contributed by atoms with Crippen molar-refractivity contribution in [3.8, 4) is 0 Å². The molecule has 3 heterocycles. The van der Waals surface area contributed by atoms with Gasteiger partial charge in [0.05, 0.1) is 16.2 Å². The summed E-state index contributed by atoms with van der Waals surface area (Å²) >= 11 is 6.24. The Bertz CT molecular complexity index is 1130. The number of nitrogens with zero attached hydrogens (tertiary/aromatic N) is 4. The van der Waals surface area contributed by atoms with E-state index in [-0.39, 0.29) is 23.4 Å². The molecule has 1 aliphatic heterocycles. The van der Waals surface area contributed by atoms with Crippen molar-refractivity contribution in [3.05, 3.63) is 54.3 Å². The molecule has 0 aliphatic carbocycles. The quantitative estimate of drug-likeness (QED) is 0.641. The van der Waals surface area contributed by atoms with E-state index in [4.69, 9.17) is 11.6 Å². The van der Waals surface area contributed by atoms with E-state index in [2.05, 4.69) is 15.3 Å². The van der Waals surface area contributed by atoms with Crippen molar-refractivity contribution < 1.29 is 13.2 Å². The molecule has 1 aliphatic rings. The highest BCUT2D eigenvalue weighted by Crippen LogP contribution is 2.32. The molecular formula is C19H20ClN5O3S. The van der Waals surface area contributed by atoms with E-state index in [1.54, 1.807) is 43.1 Å². The Kier molecular flexibility index (Phi) is 5.53. The lowest BCUT2D eigenvalue weighted by molar-refractivity contribution is -0.121. The summed E-state index contributed by atoms with van der Waals surface area (Å²) in [6, 6.07) is 4.80. The van der Waals surface area contributed by atoms with Crippen LogP contribution >= 0.6 is 11.6 Å². The molecule has 0 unspecified atom stereocenters.